The Morgan fingerprint density at radius 1 is 1.23 bits per heavy atom. The van der Waals surface area contributed by atoms with E-state index in [-0.39, 0.29) is 23.8 Å². The average molecular weight is 642 g/mol. The molecule has 0 saturated carbocycles. The van der Waals surface area contributed by atoms with E-state index in [4.69, 9.17) is 23.4 Å². The van der Waals surface area contributed by atoms with Crippen molar-refractivity contribution in [2.75, 3.05) is 39.7 Å². The SMILES string of the molecule is C=CC[C@H](C(=O)N1CCC[C@H]1CO[Si](C)(C)C(C)(C)C)N(Cc1cc2c(cc1Br)OCO2)CC(OCC)OCC. The normalized spacial score (nSPS) is 18.1. The monoisotopic (exact) mass is 640 g/mol. The van der Waals surface area contributed by atoms with E-state index in [0.717, 1.165) is 29.4 Å². The van der Waals surface area contributed by atoms with Crippen LogP contribution in [-0.4, -0.2) is 82.1 Å². The van der Waals surface area contributed by atoms with Crippen LogP contribution in [0.1, 0.15) is 59.4 Å². The number of carbonyl (C=O) groups excluding carboxylic acids is 1. The van der Waals surface area contributed by atoms with E-state index in [9.17, 15) is 4.79 Å². The van der Waals surface area contributed by atoms with Crippen LogP contribution < -0.4 is 9.47 Å². The maximum absolute atomic E-state index is 14.3. The highest BCUT2D eigenvalue weighted by atomic mass is 79.9. The van der Waals surface area contributed by atoms with Crippen molar-refractivity contribution in [3.8, 4) is 11.5 Å². The van der Waals surface area contributed by atoms with Gasteiger partial charge in [-0.2, -0.15) is 0 Å². The molecule has 0 unspecified atom stereocenters. The summed E-state index contributed by atoms with van der Waals surface area (Å²) in [5.74, 6) is 1.52. The Hall–Kier alpha value is -1.43. The van der Waals surface area contributed by atoms with Gasteiger partial charge < -0.3 is 28.3 Å². The maximum Gasteiger partial charge on any atom is 0.240 e. The molecule has 1 saturated heterocycles. The number of carbonyl (C=O) groups is 1. The maximum atomic E-state index is 14.3. The lowest BCUT2D eigenvalue weighted by molar-refractivity contribution is -0.158. The van der Waals surface area contributed by atoms with Gasteiger partial charge in [-0.15, -0.1) is 6.58 Å². The van der Waals surface area contributed by atoms with Crippen molar-refractivity contribution >= 4 is 30.2 Å². The molecule has 2 atom stereocenters. The molecule has 0 bridgehead atoms. The number of hydrogen-bond acceptors (Lipinski definition) is 7. The first-order valence-corrected chi connectivity index (χ1v) is 18.2. The molecule has 8 nitrogen and oxygen atoms in total. The summed E-state index contributed by atoms with van der Waals surface area (Å²) < 4.78 is 30.5. The molecule has 0 aliphatic carbocycles. The van der Waals surface area contributed by atoms with E-state index >= 15 is 0 Å². The van der Waals surface area contributed by atoms with Gasteiger partial charge in [-0.05, 0) is 68.9 Å². The van der Waals surface area contributed by atoms with Gasteiger partial charge >= 0.3 is 0 Å². The van der Waals surface area contributed by atoms with Gasteiger partial charge in [0.2, 0.25) is 12.7 Å². The number of hydrogen-bond donors (Lipinski definition) is 0. The summed E-state index contributed by atoms with van der Waals surface area (Å²) in [7, 11) is -1.93. The van der Waals surface area contributed by atoms with Gasteiger partial charge in [-0.25, -0.2) is 0 Å². The summed E-state index contributed by atoms with van der Waals surface area (Å²) in [4.78, 5) is 18.5. The Balaban J connectivity index is 1.88. The Bertz CT molecular complexity index is 995. The first-order valence-electron chi connectivity index (χ1n) is 14.5. The fourth-order valence-electron chi connectivity index (χ4n) is 4.89. The molecule has 2 heterocycles. The van der Waals surface area contributed by atoms with Crippen LogP contribution in [0.2, 0.25) is 18.1 Å². The minimum Gasteiger partial charge on any atom is -0.454 e. The lowest BCUT2D eigenvalue weighted by Gasteiger charge is -2.39. The molecule has 3 rings (SSSR count). The van der Waals surface area contributed by atoms with Crippen molar-refractivity contribution in [2.45, 2.75) is 96.9 Å². The van der Waals surface area contributed by atoms with Crippen molar-refractivity contribution < 1.29 is 28.2 Å². The van der Waals surface area contributed by atoms with E-state index in [2.05, 4.69) is 61.3 Å². The van der Waals surface area contributed by atoms with Crippen molar-refractivity contribution in [3.63, 3.8) is 0 Å². The Morgan fingerprint density at radius 2 is 1.88 bits per heavy atom. The van der Waals surface area contributed by atoms with Crippen LogP contribution >= 0.6 is 15.9 Å². The number of ether oxygens (including phenoxy) is 4. The highest BCUT2D eigenvalue weighted by Gasteiger charge is 2.41. The van der Waals surface area contributed by atoms with Crippen molar-refractivity contribution in [1.29, 1.82) is 0 Å². The van der Waals surface area contributed by atoms with Crippen molar-refractivity contribution in [2.24, 2.45) is 0 Å². The smallest absolute Gasteiger partial charge is 0.240 e. The minimum atomic E-state index is -1.93. The van der Waals surface area contributed by atoms with Gasteiger partial charge in [0.05, 0.1) is 25.2 Å². The van der Waals surface area contributed by atoms with Crippen LogP contribution in [-0.2, 0) is 25.2 Å². The number of benzene rings is 1. The first kappa shape index (κ1) is 33.1. The molecular weight excluding hydrogens is 592 g/mol. The molecule has 1 fully saturated rings. The van der Waals surface area contributed by atoms with Crippen LogP contribution in [0.25, 0.3) is 0 Å². The number of likely N-dealkylation sites (tertiary alicyclic amines) is 1. The lowest BCUT2D eigenvalue weighted by atomic mass is 10.1. The number of rotatable bonds is 15. The Labute approximate surface area is 250 Å². The Kier molecular flexibility index (Phi) is 12.1. The standard InChI is InChI=1S/C30H49BrN2O6Si/c1-9-13-25(29(34)33-15-12-14-23(33)20-39-40(7,8)30(4,5)6)32(19-28(35-10-2)36-11-3)18-22-16-26-27(17-24(22)31)38-21-37-26/h9,16-17,23,25,28H,1,10-15,18-21H2,2-8H3/t23-,25+/m0/s1. The molecule has 0 spiro atoms. The fourth-order valence-corrected chi connectivity index (χ4v) is 6.38. The molecule has 0 N–H and O–H groups in total. The predicted molar refractivity (Wildman–Crippen MR) is 164 cm³/mol. The summed E-state index contributed by atoms with van der Waals surface area (Å²) in [6.07, 6.45) is 3.82. The molecule has 1 aromatic carbocycles. The third-order valence-corrected chi connectivity index (χ3v) is 13.5. The quantitative estimate of drug-likeness (QED) is 0.126. The second kappa shape index (κ2) is 14.6. The second-order valence-corrected chi connectivity index (χ2v) is 17.7. The molecule has 10 heteroatoms. The zero-order valence-electron chi connectivity index (χ0n) is 25.5. The third-order valence-electron chi connectivity index (χ3n) is 8.22. The van der Waals surface area contributed by atoms with Crippen LogP contribution in [0.5, 0.6) is 11.5 Å². The third kappa shape index (κ3) is 8.32. The highest BCUT2D eigenvalue weighted by Crippen LogP contribution is 2.39. The van der Waals surface area contributed by atoms with Gasteiger partial charge in [-0.1, -0.05) is 42.8 Å². The highest BCUT2D eigenvalue weighted by molar-refractivity contribution is 9.10. The van der Waals surface area contributed by atoms with E-state index in [1.165, 1.54) is 0 Å². The lowest BCUT2D eigenvalue weighted by Crippen LogP contribution is -2.53. The summed E-state index contributed by atoms with van der Waals surface area (Å²) in [6, 6.07) is 3.56. The van der Waals surface area contributed by atoms with E-state index in [1.54, 1.807) is 0 Å². The summed E-state index contributed by atoms with van der Waals surface area (Å²) >= 11 is 3.71. The molecule has 40 heavy (non-hydrogen) atoms. The summed E-state index contributed by atoms with van der Waals surface area (Å²) in [6.45, 7) is 22.7. The van der Waals surface area contributed by atoms with Crippen molar-refractivity contribution in [3.05, 3.63) is 34.8 Å². The molecule has 2 aliphatic heterocycles. The van der Waals surface area contributed by atoms with Gasteiger partial charge in [0, 0.05) is 30.8 Å². The van der Waals surface area contributed by atoms with Crippen molar-refractivity contribution in [1.82, 2.24) is 9.80 Å². The fraction of sp³-hybridized carbons (Fsp3) is 0.700. The van der Waals surface area contributed by atoms with Crippen LogP contribution in [0.3, 0.4) is 0 Å². The van der Waals surface area contributed by atoms with Crippen LogP contribution in [0, 0.1) is 0 Å². The van der Waals surface area contributed by atoms with E-state index in [0.29, 0.717) is 50.8 Å². The minimum absolute atomic E-state index is 0.0719. The number of fused-ring (bicyclic) bond motifs is 1. The summed E-state index contributed by atoms with van der Waals surface area (Å²) in [5, 5.41) is 0.119. The van der Waals surface area contributed by atoms with Gasteiger partial charge in [0.1, 0.15) is 0 Å². The van der Waals surface area contributed by atoms with Gasteiger partial charge in [0.25, 0.3) is 0 Å². The zero-order chi connectivity index (χ0) is 29.5. The molecule has 2 aliphatic rings. The molecule has 1 amide bonds. The molecule has 226 valence electrons. The Morgan fingerprint density at radius 3 is 2.48 bits per heavy atom. The van der Waals surface area contributed by atoms with Gasteiger partial charge in [-0.3, -0.25) is 9.69 Å². The first-order chi connectivity index (χ1) is 18.9. The number of amides is 1. The number of nitrogens with zero attached hydrogens (tertiary/aromatic N) is 2. The van der Waals surface area contributed by atoms with Crippen LogP contribution in [0.15, 0.2) is 29.3 Å². The van der Waals surface area contributed by atoms with Gasteiger partial charge in [0.15, 0.2) is 26.1 Å². The second-order valence-electron chi connectivity index (χ2n) is 12.0. The van der Waals surface area contributed by atoms with E-state index < -0.39 is 20.6 Å². The zero-order valence-corrected chi connectivity index (χ0v) is 28.1. The molecular formula is C30H49BrN2O6Si. The summed E-state index contributed by atoms with van der Waals surface area (Å²) in [5.41, 5.74) is 0.997. The van der Waals surface area contributed by atoms with Crippen LogP contribution in [0.4, 0.5) is 0 Å². The predicted octanol–water partition coefficient (Wildman–Crippen LogP) is 6.34. The molecule has 0 aromatic heterocycles. The van der Waals surface area contributed by atoms with E-state index in [1.807, 2.05) is 37.0 Å². The molecule has 1 aromatic rings. The molecule has 0 radical (unpaired) electrons. The number of halogens is 1. The largest absolute Gasteiger partial charge is 0.454 e. The average Bonchev–Trinajstić information content (AvgIpc) is 3.54. The topological polar surface area (TPSA) is 69.7 Å².